The van der Waals surface area contributed by atoms with Crippen molar-refractivity contribution in [2.24, 2.45) is 0 Å². The Morgan fingerprint density at radius 1 is 0.929 bits per heavy atom. The minimum Gasteiger partial charge on any atom is -0.497 e. The number of nitrogens with one attached hydrogen (secondary N) is 2. The van der Waals surface area contributed by atoms with Crippen LogP contribution in [-0.4, -0.2) is 32.6 Å². The summed E-state index contributed by atoms with van der Waals surface area (Å²) in [7, 11) is 3.14. The summed E-state index contributed by atoms with van der Waals surface area (Å²) in [5.41, 5.74) is 2.52. The zero-order valence-corrected chi connectivity index (χ0v) is 17.1. The van der Waals surface area contributed by atoms with Crippen molar-refractivity contribution in [2.75, 3.05) is 20.8 Å². The van der Waals surface area contributed by atoms with E-state index < -0.39 is 0 Å². The van der Waals surface area contributed by atoms with E-state index >= 15 is 0 Å². The van der Waals surface area contributed by atoms with E-state index in [-0.39, 0.29) is 23.8 Å². The largest absolute Gasteiger partial charge is 0.497 e. The van der Waals surface area contributed by atoms with Crippen molar-refractivity contribution in [3.8, 4) is 11.5 Å². The lowest BCUT2D eigenvalue weighted by Crippen LogP contribution is -2.36. The van der Waals surface area contributed by atoms with E-state index in [9.17, 15) is 9.59 Å². The molecule has 6 nitrogen and oxygen atoms in total. The average Bonchev–Trinajstić information content (AvgIpc) is 2.69. The highest BCUT2D eigenvalue weighted by molar-refractivity contribution is 5.96. The quantitative estimate of drug-likeness (QED) is 0.769. The molecule has 28 heavy (non-hydrogen) atoms. The number of ether oxygens (including phenoxy) is 2. The third kappa shape index (κ3) is 5.74. The molecule has 2 rings (SSSR count). The third-order valence-corrected chi connectivity index (χ3v) is 4.39. The van der Waals surface area contributed by atoms with E-state index in [0.29, 0.717) is 23.6 Å². The lowest BCUT2D eigenvalue weighted by atomic mass is 9.87. The van der Waals surface area contributed by atoms with Crippen LogP contribution < -0.4 is 20.1 Å². The SMILES string of the molecule is COc1ccc(CNC(=O)CNC(=O)c2ccc(C(C)(C)C)cc2)c(OC)c1. The van der Waals surface area contributed by atoms with Crippen molar-refractivity contribution in [1.82, 2.24) is 10.6 Å². The van der Waals surface area contributed by atoms with Gasteiger partial charge in [-0.3, -0.25) is 9.59 Å². The summed E-state index contributed by atoms with van der Waals surface area (Å²) in [6, 6.07) is 12.8. The molecule has 0 aliphatic heterocycles. The number of carbonyl (C=O) groups excluding carboxylic acids is 2. The van der Waals surface area contributed by atoms with Crippen molar-refractivity contribution in [3.63, 3.8) is 0 Å². The van der Waals surface area contributed by atoms with Crippen LogP contribution in [0.4, 0.5) is 0 Å². The molecular formula is C22H28N2O4. The van der Waals surface area contributed by atoms with Gasteiger partial charge in [0.05, 0.1) is 20.8 Å². The van der Waals surface area contributed by atoms with Gasteiger partial charge in [-0.2, -0.15) is 0 Å². The standard InChI is InChI=1S/C22H28N2O4/c1-22(2,3)17-9-6-15(7-10-17)21(26)24-14-20(25)23-13-16-8-11-18(27-4)12-19(16)28-5/h6-12H,13-14H2,1-5H3,(H,23,25)(H,24,26). The van der Waals surface area contributed by atoms with Crippen LogP contribution in [0, 0.1) is 0 Å². The first-order valence-electron chi connectivity index (χ1n) is 9.11. The van der Waals surface area contributed by atoms with Gasteiger partial charge in [-0.1, -0.05) is 32.9 Å². The van der Waals surface area contributed by atoms with Gasteiger partial charge in [-0.15, -0.1) is 0 Å². The zero-order chi connectivity index (χ0) is 20.7. The fourth-order valence-electron chi connectivity index (χ4n) is 2.64. The summed E-state index contributed by atoms with van der Waals surface area (Å²) in [6.07, 6.45) is 0. The van der Waals surface area contributed by atoms with E-state index in [1.54, 1.807) is 38.5 Å². The summed E-state index contributed by atoms with van der Waals surface area (Å²) in [4.78, 5) is 24.3. The first kappa shape index (κ1) is 21.3. The van der Waals surface area contributed by atoms with Gasteiger partial charge in [0.15, 0.2) is 0 Å². The number of hydrogen-bond donors (Lipinski definition) is 2. The molecule has 0 unspecified atom stereocenters. The molecule has 0 fully saturated rings. The number of methoxy groups -OCH3 is 2. The Balaban J connectivity index is 1.86. The first-order chi connectivity index (χ1) is 13.2. The van der Waals surface area contributed by atoms with Gasteiger partial charge in [0.25, 0.3) is 5.91 Å². The molecule has 6 heteroatoms. The predicted octanol–water partition coefficient (Wildman–Crippen LogP) is 3.05. The number of hydrogen-bond acceptors (Lipinski definition) is 4. The number of rotatable bonds is 7. The molecule has 0 heterocycles. The molecule has 0 bridgehead atoms. The minimum atomic E-state index is -0.280. The van der Waals surface area contributed by atoms with Crippen LogP contribution in [-0.2, 0) is 16.8 Å². The van der Waals surface area contributed by atoms with Crippen LogP contribution >= 0.6 is 0 Å². The molecule has 2 amide bonds. The Kier molecular flexibility index (Phi) is 7.04. The zero-order valence-electron chi connectivity index (χ0n) is 17.1. The maximum atomic E-state index is 12.2. The minimum absolute atomic E-state index is 0.0252. The smallest absolute Gasteiger partial charge is 0.251 e. The van der Waals surface area contributed by atoms with E-state index in [0.717, 1.165) is 11.1 Å². The predicted molar refractivity (Wildman–Crippen MR) is 109 cm³/mol. The maximum absolute atomic E-state index is 12.2. The summed E-state index contributed by atoms with van der Waals surface area (Å²) in [5.74, 6) is 0.745. The second-order valence-electron chi connectivity index (χ2n) is 7.46. The Hall–Kier alpha value is -3.02. The van der Waals surface area contributed by atoms with Crippen LogP contribution in [0.15, 0.2) is 42.5 Å². The second kappa shape index (κ2) is 9.26. The van der Waals surface area contributed by atoms with E-state index in [1.165, 1.54) is 0 Å². The number of amides is 2. The molecule has 0 spiro atoms. The van der Waals surface area contributed by atoms with Crippen LogP contribution in [0.5, 0.6) is 11.5 Å². The molecule has 2 aromatic rings. The molecule has 0 saturated heterocycles. The number of carbonyl (C=O) groups is 2. The van der Waals surface area contributed by atoms with Crippen molar-refractivity contribution in [1.29, 1.82) is 0 Å². The monoisotopic (exact) mass is 384 g/mol. The normalized spacial score (nSPS) is 10.9. The van der Waals surface area contributed by atoms with Gasteiger partial charge in [-0.05, 0) is 35.2 Å². The molecule has 0 atom stereocenters. The molecule has 0 aliphatic carbocycles. The van der Waals surface area contributed by atoms with Crippen LogP contribution in [0.2, 0.25) is 0 Å². The van der Waals surface area contributed by atoms with Crippen LogP contribution in [0.1, 0.15) is 42.3 Å². The summed E-state index contributed by atoms with van der Waals surface area (Å²) in [6.45, 7) is 6.54. The van der Waals surface area contributed by atoms with Crippen LogP contribution in [0.3, 0.4) is 0 Å². The van der Waals surface area contributed by atoms with Gasteiger partial charge in [0.1, 0.15) is 11.5 Å². The van der Waals surface area contributed by atoms with Gasteiger partial charge < -0.3 is 20.1 Å². The highest BCUT2D eigenvalue weighted by Crippen LogP contribution is 2.24. The molecule has 0 aromatic heterocycles. The van der Waals surface area contributed by atoms with Gasteiger partial charge >= 0.3 is 0 Å². The lowest BCUT2D eigenvalue weighted by Gasteiger charge is -2.19. The van der Waals surface area contributed by atoms with Crippen molar-refractivity contribution in [3.05, 3.63) is 59.2 Å². The fraction of sp³-hybridized carbons (Fsp3) is 0.364. The molecule has 2 aromatic carbocycles. The molecule has 150 valence electrons. The van der Waals surface area contributed by atoms with Gasteiger partial charge in [0, 0.05) is 23.7 Å². The summed E-state index contributed by atoms with van der Waals surface area (Å²) < 4.78 is 10.5. The molecular weight excluding hydrogens is 356 g/mol. The van der Waals surface area contributed by atoms with Crippen LogP contribution in [0.25, 0.3) is 0 Å². The van der Waals surface area contributed by atoms with Gasteiger partial charge in [0.2, 0.25) is 5.91 Å². The average molecular weight is 384 g/mol. The van der Waals surface area contributed by atoms with E-state index in [4.69, 9.17) is 9.47 Å². The second-order valence-corrected chi connectivity index (χ2v) is 7.46. The Morgan fingerprint density at radius 2 is 1.61 bits per heavy atom. The first-order valence-corrected chi connectivity index (χ1v) is 9.11. The van der Waals surface area contributed by atoms with Crippen molar-refractivity contribution >= 4 is 11.8 Å². The highest BCUT2D eigenvalue weighted by Gasteiger charge is 2.15. The van der Waals surface area contributed by atoms with Crippen molar-refractivity contribution in [2.45, 2.75) is 32.7 Å². The molecule has 0 radical (unpaired) electrons. The summed E-state index contributed by atoms with van der Waals surface area (Å²) >= 11 is 0. The van der Waals surface area contributed by atoms with E-state index in [2.05, 4.69) is 31.4 Å². The van der Waals surface area contributed by atoms with Gasteiger partial charge in [-0.25, -0.2) is 0 Å². The third-order valence-electron chi connectivity index (χ3n) is 4.39. The van der Waals surface area contributed by atoms with Crippen molar-refractivity contribution < 1.29 is 19.1 Å². The Labute approximate surface area is 166 Å². The Bertz CT molecular complexity index is 823. The molecule has 2 N–H and O–H groups in total. The fourth-order valence-corrected chi connectivity index (χ4v) is 2.64. The maximum Gasteiger partial charge on any atom is 0.251 e. The topological polar surface area (TPSA) is 76.7 Å². The number of benzene rings is 2. The molecule has 0 saturated carbocycles. The summed E-state index contributed by atoms with van der Waals surface area (Å²) in [5, 5.41) is 5.41. The molecule has 0 aliphatic rings. The Morgan fingerprint density at radius 3 is 2.18 bits per heavy atom. The highest BCUT2D eigenvalue weighted by atomic mass is 16.5. The van der Waals surface area contributed by atoms with E-state index in [1.807, 2.05) is 18.2 Å². The lowest BCUT2D eigenvalue weighted by molar-refractivity contribution is -0.120.